The molecule has 1 aliphatic heterocycles. The standard InChI is InChI=1S/C22H28FNO2/c1-17(19-7-3-2-4-8-19)24-16-21(26-22-9-5-6-14-25-22)15-18-10-12-20(23)13-11-18/h2-4,7-8,10-13,17,21-22,24H,5-6,9,14-16H2,1H3. The van der Waals surface area contributed by atoms with Gasteiger partial charge in [0.05, 0.1) is 6.10 Å². The highest BCUT2D eigenvalue weighted by Crippen LogP contribution is 2.18. The molecular formula is C22H28FNO2. The first kappa shape index (κ1) is 19.0. The highest BCUT2D eigenvalue weighted by molar-refractivity contribution is 5.19. The molecule has 3 nitrogen and oxygen atoms in total. The van der Waals surface area contributed by atoms with Crippen LogP contribution in [-0.2, 0) is 15.9 Å². The van der Waals surface area contributed by atoms with Crippen LogP contribution in [0.4, 0.5) is 4.39 Å². The van der Waals surface area contributed by atoms with Crippen molar-refractivity contribution in [2.45, 2.75) is 51.0 Å². The van der Waals surface area contributed by atoms with Crippen LogP contribution in [0, 0.1) is 5.82 Å². The Morgan fingerprint density at radius 1 is 1.12 bits per heavy atom. The van der Waals surface area contributed by atoms with Crippen LogP contribution < -0.4 is 5.32 Å². The van der Waals surface area contributed by atoms with E-state index in [2.05, 4.69) is 36.5 Å². The van der Waals surface area contributed by atoms with Crippen LogP contribution in [0.3, 0.4) is 0 Å². The molecule has 26 heavy (non-hydrogen) atoms. The highest BCUT2D eigenvalue weighted by Gasteiger charge is 2.21. The van der Waals surface area contributed by atoms with Crippen LogP contribution in [0.2, 0.25) is 0 Å². The van der Waals surface area contributed by atoms with Gasteiger partial charge in [-0.2, -0.15) is 0 Å². The van der Waals surface area contributed by atoms with E-state index in [1.165, 1.54) is 17.7 Å². The molecule has 0 radical (unpaired) electrons. The molecule has 3 rings (SSSR count). The molecule has 2 aromatic rings. The van der Waals surface area contributed by atoms with E-state index in [-0.39, 0.29) is 24.3 Å². The van der Waals surface area contributed by atoms with Gasteiger partial charge in [0.25, 0.3) is 0 Å². The molecule has 140 valence electrons. The van der Waals surface area contributed by atoms with Crippen LogP contribution in [0.25, 0.3) is 0 Å². The summed E-state index contributed by atoms with van der Waals surface area (Å²) in [5.74, 6) is -0.211. The predicted molar refractivity (Wildman–Crippen MR) is 101 cm³/mol. The summed E-state index contributed by atoms with van der Waals surface area (Å²) in [5, 5.41) is 3.57. The average Bonchev–Trinajstić information content (AvgIpc) is 2.69. The molecule has 0 aliphatic carbocycles. The van der Waals surface area contributed by atoms with Crippen LogP contribution in [0.5, 0.6) is 0 Å². The van der Waals surface area contributed by atoms with E-state index in [0.29, 0.717) is 6.54 Å². The van der Waals surface area contributed by atoms with E-state index in [9.17, 15) is 4.39 Å². The minimum atomic E-state index is -0.211. The first-order chi connectivity index (χ1) is 12.7. The van der Waals surface area contributed by atoms with Gasteiger partial charge in [0.1, 0.15) is 5.82 Å². The Kier molecular flexibility index (Phi) is 7.18. The second-order valence-electron chi connectivity index (χ2n) is 6.93. The summed E-state index contributed by atoms with van der Waals surface area (Å²) in [4.78, 5) is 0. The van der Waals surface area contributed by atoms with Crippen molar-refractivity contribution in [3.05, 3.63) is 71.5 Å². The van der Waals surface area contributed by atoms with Crippen LogP contribution in [-0.4, -0.2) is 25.5 Å². The molecule has 1 heterocycles. The predicted octanol–water partition coefficient (Wildman–Crippen LogP) is 4.63. The number of halogens is 1. The van der Waals surface area contributed by atoms with Gasteiger partial charge in [-0.25, -0.2) is 4.39 Å². The van der Waals surface area contributed by atoms with Crippen molar-refractivity contribution in [2.75, 3.05) is 13.2 Å². The monoisotopic (exact) mass is 357 g/mol. The second kappa shape index (κ2) is 9.81. The summed E-state index contributed by atoms with van der Waals surface area (Å²) >= 11 is 0. The zero-order chi connectivity index (χ0) is 18.2. The quantitative estimate of drug-likeness (QED) is 0.747. The first-order valence-corrected chi connectivity index (χ1v) is 9.50. The zero-order valence-corrected chi connectivity index (χ0v) is 15.4. The molecule has 1 saturated heterocycles. The maximum Gasteiger partial charge on any atom is 0.158 e. The molecule has 3 atom stereocenters. The van der Waals surface area contributed by atoms with Gasteiger partial charge in [-0.15, -0.1) is 0 Å². The molecule has 0 amide bonds. The lowest BCUT2D eigenvalue weighted by molar-refractivity contribution is -0.187. The third kappa shape index (κ3) is 5.90. The largest absolute Gasteiger partial charge is 0.353 e. The normalized spacial score (nSPS) is 19.8. The number of ether oxygens (including phenoxy) is 2. The molecule has 2 aromatic carbocycles. The molecule has 4 heteroatoms. The number of hydrogen-bond acceptors (Lipinski definition) is 3. The molecule has 3 unspecified atom stereocenters. The van der Waals surface area contributed by atoms with Crippen LogP contribution >= 0.6 is 0 Å². The topological polar surface area (TPSA) is 30.5 Å². The van der Waals surface area contributed by atoms with Gasteiger partial charge in [0.15, 0.2) is 6.29 Å². The number of nitrogens with one attached hydrogen (secondary N) is 1. The third-order valence-corrected chi connectivity index (χ3v) is 4.81. The molecule has 1 N–H and O–H groups in total. The SMILES string of the molecule is CC(NCC(Cc1ccc(F)cc1)OC1CCCCO1)c1ccccc1. The Balaban J connectivity index is 1.60. The summed E-state index contributed by atoms with van der Waals surface area (Å²) in [6.45, 7) is 3.64. The van der Waals surface area contributed by atoms with E-state index < -0.39 is 0 Å². The maximum absolute atomic E-state index is 13.2. The van der Waals surface area contributed by atoms with Crippen molar-refractivity contribution in [3.8, 4) is 0 Å². The number of benzene rings is 2. The van der Waals surface area contributed by atoms with E-state index in [4.69, 9.17) is 9.47 Å². The number of rotatable bonds is 8. The second-order valence-corrected chi connectivity index (χ2v) is 6.93. The van der Waals surface area contributed by atoms with E-state index in [0.717, 1.165) is 37.9 Å². The summed E-state index contributed by atoms with van der Waals surface area (Å²) in [6, 6.07) is 17.3. The van der Waals surface area contributed by atoms with Crippen molar-refractivity contribution >= 4 is 0 Å². The zero-order valence-electron chi connectivity index (χ0n) is 15.4. The number of hydrogen-bond donors (Lipinski definition) is 1. The van der Waals surface area contributed by atoms with E-state index in [1.54, 1.807) is 0 Å². The van der Waals surface area contributed by atoms with Gasteiger partial charge in [-0.1, -0.05) is 42.5 Å². The fourth-order valence-corrected chi connectivity index (χ4v) is 3.25. The van der Waals surface area contributed by atoms with Crippen molar-refractivity contribution in [2.24, 2.45) is 0 Å². The van der Waals surface area contributed by atoms with Gasteiger partial charge in [-0.3, -0.25) is 0 Å². The van der Waals surface area contributed by atoms with E-state index >= 15 is 0 Å². The summed E-state index contributed by atoms with van der Waals surface area (Å²) in [5.41, 5.74) is 2.32. The molecule has 0 bridgehead atoms. The van der Waals surface area contributed by atoms with Gasteiger partial charge >= 0.3 is 0 Å². The van der Waals surface area contributed by atoms with Gasteiger partial charge in [-0.05, 0) is 55.9 Å². The third-order valence-electron chi connectivity index (χ3n) is 4.81. The van der Waals surface area contributed by atoms with Crippen LogP contribution in [0.1, 0.15) is 43.4 Å². The molecule has 0 saturated carbocycles. The van der Waals surface area contributed by atoms with Gasteiger partial charge in [0, 0.05) is 19.2 Å². The van der Waals surface area contributed by atoms with Crippen molar-refractivity contribution < 1.29 is 13.9 Å². The first-order valence-electron chi connectivity index (χ1n) is 9.50. The highest BCUT2D eigenvalue weighted by atomic mass is 19.1. The minimum absolute atomic E-state index is 0.0188. The Bertz CT molecular complexity index is 641. The Morgan fingerprint density at radius 3 is 2.58 bits per heavy atom. The molecule has 0 spiro atoms. The fourth-order valence-electron chi connectivity index (χ4n) is 3.25. The lowest BCUT2D eigenvalue weighted by Crippen LogP contribution is -2.37. The van der Waals surface area contributed by atoms with Gasteiger partial charge < -0.3 is 14.8 Å². The molecule has 1 fully saturated rings. The van der Waals surface area contributed by atoms with E-state index in [1.807, 2.05) is 18.2 Å². The summed E-state index contributed by atoms with van der Waals surface area (Å²) in [6.07, 6.45) is 3.76. The molecule has 1 aliphatic rings. The Hall–Kier alpha value is -1.75. The average molecular weight is 357 g/mol. The minimum Gasteiger partial charge on any atom is -0.353 e. The van der Waals surface area contributed by atoms with Gasteiger partial charge in [0.2, 0.25) is 0 Å². The fraction of sp³-hybridized carbons (Fsp3) is 0.455. The maximum atomic E-state index is 13.2. The van der Waals surface area contributed by atoms with Crippen molar-refractivity contribution in [3.63, 3.8) is 0 Å². The summed E-state index contributed by atoms with van der Waals surface area (Å²) < 4.78 is 25.2. The summed E-state index contributed by atoms with van der Waals surface area (Å²) in [7, 11) is 0. The lowest BCUT2D eigenvalue weighted by atomic mass is 10.1. The molecule has 0 aromatic heterocycles. The van der Waals surface area contributed by atoms with Crippen molar-refractivity contribution in [1.82, 2.24) is 5.32 Å². The Labute approximate surface area is 155 Å². The lowest BCUT2D eigenvalue weighted by Gasteiger charge is -2.29. The molecular weight excluding hydrogens is 329 g/mol. The smallest absolute Gasteiger partial charge is 0.158 e. The van der Waals surface area contributed by atoms with Crippen LogP contribution in [0.15, 0.2) is 54.6 Å². The van der Waals surface area contributed by atoms with Crippen molar-refractivity contribution in [1.29, 1.82) is 0 Å². The Morgan fingerprint density at radius 2 is 1.88 bits per heavy atom.